The van der Waals surface area contributed by atoms with Crippen LogP contribution in [-0.4, -0.2) is 42.6 Å². The topological polar surface area (TPSA) is 80.0 Å². The number of methoxy groups -OCH3 is 1. The van der Waals surface area contributed by atoms with Crippen LogP contribution in [0.1, 0.15) is 41.1 Å². The molecule has 1 amide bonds. The number of ether oxygens (including phenoxy) is 1. The molecule has 0 bridgehead atoms. The molecule has 6 nitrogen and oxygen atoms in total. The van der Waals surface area contributed by atoms with Crippen molar-refractivity contribution >= 4 is 11.9 Å². The number of carboxylic acids is 1. The fourth-order valence-corrected chi connectivity index (χ4v) is 2.56. The van der Waals surface area contributed by atoms with Crippen LogP contribution in [0.2, 0.25) is 0 Å². The maximum absolute atomic E-state index is 12.5. The molecule has 0 spiro atoms. The zero-order valence-corrected chi connectivity index (χ0v) is 12.6. The van der Waals surface area contributed by atoms with Crippen molar-refractivity contribution in [2.45, 2.75) is 32.7 Å². The van der Waals surface area contributed by atoms with Gasteiger partial charge in [0.2, 0.25) is 5.91 Å². The van der Waals surface area contributed by atoms with Gasteiger partial charge in [0.15, 0.2) is 0 Å². The molecular formula is C15H21NO5. The first-order valence-corrected chi connectivity index (χ1v) is 6.97. The molecule has 0 aliphatic heterocycles. The van der Waals surface area contributed by atoms with E-state index in [2.05, 4.69) is 0 Å². The summed E-state index contributed by atoms with van der Waals surface area (Å²) >= 11 is 0. The fourth-order valence-electron chi connectivity index (χ4n) is 2.56. The number of nitrogens with zero attached hydrogens (tertiary/aromatic N) is 1. The van der Waals surface area contributed by atoms with Gasteiger partial charge in [0, 0.05) is 20.8 Å². The van der Waals surface area contributed by atoms with Crippen LogP contribution in [0.4, 0.5) is 0 Å². The predicted molar refractivity (Wildman–Crippen MR) is 75.0 cm³/mol. The van der Waals surface area contributed by atoms with Crippen molar-refractivity contribution in [3.63, 3.8) is 0 Å². The Bertz CT molecular complexity index is 544. The standard InChI is InChI=1S/C15H21NO5/c1-10-12(13(17)18)8-11(21-10)9-16(2)14(19)15(4-5-15)6-7-20-3/h8H,4-7,9H2,1-3H3,(H,17,18). The third-order valence-electron chi connectivity index (χ3n) is 4.03. The number of carbonyl (C=O) groups excluding carboxylic acids is 1. The second-order valence-electron chi connectivity index (χ2n) is 5.67. The number of aryl methyl sites for hydroxylation is 1. The average Bonchev–Trinajstić information content (AvgIpc) is 3.13. The van der Waals surface area contributed by atoms with Crippen molar-refractivity contribution in [2.24, 2.45) is 5.41 Å². The van der Waals surface area contributed by atoms with Gasteiger partial charge >= 0.3 is 5.97 Å². The van der Waals surface area contributed by atoms with Gasteiger partial charge in [-0.25, -0.2) is 4.79 Å². The molecule has 0 saturated heterocycles. The summed E-state index contributed by atoms with van der Waals surface area (Å²) in [6, 6.07) is 1.48. The summed E-state index contributed by atoms with van der Waals surface area (Å²) < 4.78 is 10.5. The van der Waals surface area contributed by atoms with Crippen molar-refractivity contribution in [1.29, 1.82) is 0 Å². The quantitative estimate of drug-likeness (QED) is 0.833. The van der Waals surface area contributed by atoms with E-state index in [4.69, 9.17) is 14.3 Å². The van der Waals surface area contributed by atoms with Gasteiger partial charge < -0.3 is 19.2 Å². The zero-order chi connectivity index (χ0) is 15.6. The summed E-state index contributed by atoms with van der Waals surface area (Å²) in [6.07, 6.45) is 2.50. The van der Waals surface area contributed by atoms with Crippen LogP contribution in [0.3, 0.4) is 0 Å². The number of carboxylic acid groups (broad SMARTS) is 1. The molecule has 0 unspecified atom stereocenters. The second-order valence-corrected chi connectivity index (χ2v) is 5.67. The highest BCUT2D eigenvalue weighted by Crippen LogP contribution is 2.50. The smallest absolute Gasteiger partial charge is 0.339 e. The molecule has 1 aliphatic rings. The molecule has 1 aliphatic carbocycles. The molecule has 1 saturated carbocycles. The van der Waals surface area contributed by atoms with Crippen LogP contribution in [0, 0.1) is 12.3 Å². The minimum absolute atomic E-state index is 0.0745. The van der Waals surface area contributed by atoms with Gasteiger partial charge in [-0.15, -0.1) is 0 Å². The Morgan fingerprint density at radius 1 is 1.48 bits per heavy atom. The Morgan fingerprint density at radius 2 is 2.14 bits per heavy atom. The van der Waals surface area contributed by atoms with Crippen molar-refractivity contribution in [2.75, 3.05) is 20.8 Å². The summed E-state index contributed by atoms with van der Waals surface area (Å²) in [5.74, 6) is -0.0946. The lowest BCUT2D eigenvalue weighted by atomic mass is 10.0. The normalized spacial score (nSPS) is 15.8. The molecule has 1 aromatic heterocycles. The van der Waals surface area contributed by atoms with E-state index in [-0.39, 0.29) is 23.4 Å². The van der Waals surface area contributed by atoms with Crippen LogP contribution in [0.25, 0.3) is 0 Å². The van der Waals surface area contributed by atoms with Gasteiger partial charge in [-0.05, 0) is 32.3 Å². The Balaban J connectivity index is 2.01. The molecule has 21 heavy (non-hydrogen) atoms. The van der Waals surface area contributed by atoms with E-state index in [1.807, 2.05) is 0 Å². The maximum atomic E-state index is 12.5. The average molecular weight is 295 g/mol. The lowest BCUT2D eigenvalue weighted by Crippen LogP contribution is -2.34. The van der Waals surface area contributed by atoms with Crippen LogP contribution in [-0.2, 0) is 16.1 Å². The SMILES string of the molecule is COCCC1(C(=O)N(C)Cc2cc(C(=O)O)c(C)o2)CC1. The number of hydrogen-bond acceptors (Lipinski definition) is 4. The number of carbonyl (C=O) groups is 2. The number of hydrogen-bond donors (Lipinski definition) is 1. The third kappa shape index (κ3) is 3.26. The summed E-state index contributed by atoms with van der Waals surface area (Å²) in [7, 11) is 3.34. The van der Waals surface area contributed by atoms with Gasteiger partial charge in [0.1, 0.15) is 17.1 Å². The van der Waals surface area contributed by atoms with Gasteiger partial charge in [-0.2, -0.15) is 0 Å². The van der Waals surface area contributed by atoms with Crippen molar-refractivity contribution < 1.29 is 23.8 Å². The Morgan fingerprint density at radius 3 is 2.62 bits per heavy atom. The lowest BCUT2D eigenvalue weighted by Gasteiger charge is -2.22. The first-order chi connectivity index (χ1) is 9.89. The molecule has 1 N–H and O–H groups in total. The Labute approximate surface area is 123 Å². The predicted octanol–water partition coefficient (Wildman–Crippen LogP) is 2.06. The molecule has 0 atom stereocenters. The van der Waals surface area contributed by atoms with Gasteiger partial charge in [0.05, 0.1) is 12.0 Å². The van der Waals surface area contributed by atoms with Gasteiger partial charge in [0.25, 0.3) is 0 Å². The first kappa shape index (κ1) is 15.6. The Kier molecular flexibility index (Phi) is 4.37. The molecule has 0 radical (unpaired) electrons. The van der Waals surface area contributed by atoms with E-state index in [0.29, 0.717) is 18.1 Å². The maximum Gasteiger partial charge on any atom is 0.339 e. The zero-order valence-electron chi connectivity index (χ0n) is 12.6. The minimum atomic E-state index is -1.02. The molecule has 116 valence electrons. The van der Waals surface area contributed by atoms with E-state index in [1.165, 1.54) is 6.07 Å². The summed E-state index contributed by atoms with van der Waals surface area (Å²) in [5.41, 5.74) is -0.145. The summed E-state index contributed by atoms with van der Waals surface area (Å²) in [6.45, 7) is 2.46. The summed E-state index contributed by atoms with van der Waals surface area (Å²) in [4.78, 5) is 25.1. The van der Waals surface area contributed by atoms with Crippen LogP contribution >= 0.6 is 0 Å². The Hall–Kier alpha value is -1.82. The van der Waals surface area contributed by atoms with Crippen molar-refractivity contribution in [3.8, 4) is 0 Å². The first-order valence-electron chi connectivity index (χ1n) is 6.97. The second kappa shape index (κ2) is 5.89. The highest BCUT2D eigenvalue weighted by molar-refractivity contribution is 5.89. The van der Waals surface area contributed by atoms with E-state index in [9.17, 15) is 9.59 Å². The molecule has 1 heterocycles. The molecule has 6 heteroatoms. The molecular weight excluding hydrogens is 274 g/mol. The van der Waals surface area contributed by atoms with E-state index >= 15 is 0 Å². The van der Waals surface area contributed by atoms with Crippen LogP contribution < -0.4 is 0 Å². The monoisotopic (exact) mass is 295 g/mol. The number of rotatable bonds is 7. The highest BCUT2D eigenvalue weighted by atomic mass is 16.5. The van der Waals surface area contributed by atoms with Crippen LogP contribution in [0.5, 0.6) is 0 Å². The third-order valence-corrected chi connectivity index (χ3v) is 4.03. The van der Waals surface area contributed by atoms with E-state index < -0.39 is 5.97 Å². The molecule has 1 aromatic rings. The number of aromatic carboxylic acids is 1. The van der Waals surface area contributed by atoms with Crippen molar-refractivity contribution in [1.82, 2.24) is 4.90 Å². The number of amides is 1. The minimum Gasteiger partial charge on any atom is -0.478 e. The fraction of sp³-hybridized carbons (Fsp3) is 0.600. The van der Waals surface area contributed by atoms with Crippen LogP contribution in [0.15, 0.2) is 10.5 Å². The number of furan rings is 1. The molecule has 0 aromatic carbocycles. The highest BCUT2D eigenvalue weighted by Gasteiger charge is 2.50. The van der Waals surface area contributed by atoms with Crippen molar-refractivity contribution in [3.05, 3.63) is 23.2 Å². The van der Waals surface area contributed by atoms with Gasteiger partial charge in [-0.3, -0.25) is 4.79 Å². The van der Waals surface area contributed by atoms with E-state index in [1.54, 1.807) is 26.0 Å². The largest absolute Gasteiger partial charge is 0.478 e. The van der Waals surface area contributed by atoms with Gasteiger partial charge in [-0.1, -0.05) is 0 Å². The summed E-state index contributed by atoms with van der Waals surface area (Å²) in [5, 5.41) is 9.00. The lowest BCUT2D eigenvalue weighted by molar-refractivity contribution is -0.137. The van der Waals surface area contributed by atoms with E-state index in [0.717, 1.165) is 19.3 Å². The molecule has 1 fully saturated rings. The molecule has 2 rings (SSSR count).